The number of rotatable bonds is 18. The summed E-state index contributed by atoms with van der Waals surface area (Å²) in [5, 5.41) is 0. The maximum Gasteiger partial charge on any atom is 0.344 e. The average molecular weight is 771 g/mol. The van der Waals surface area contributed by atoms with Crippen molar-refractivity contribution >= 4 is 5.97 Å². The monoisotopic (exact) mass is 771 g/mol. The van der Waals surface area contributed by atoms with Gasteiger partial charge in [0, 0.05) is 17.9 Å². The molecule has 316 valence electrons. The first-order valence-corrected chi connectivity index (χ1v) is 24.6. The summed E-state index contributed by atoms with van der Waals surface area (Å²) in [6.45, 7) is 24.0. The smallest absolute Gasteiger partial charge is 0.344 e. The van der Waals surface area contributed by atoms with Crippen LogP contribution in [0, 0.1) is 56.7 Å². The lowest BCUT2D eigenvalue weighted by Crippen LogP contribution is -2.65. The van der Waals surface area contributed by atoms with Gasteiger partial charge in [-0.25, -0.2) is 9.36 Å². The highest BCUT2D eigenvalue weighted by molar-refractivity contribution is 5.88. The van der Waals surface area contributed by atoms with Gasteiger partial charge >= 0.3 is 5.97 Å². The summed E-state index contributed by atoms with van der Waals surface area (Å²) >= 11 is 0. The maximum atomic E-state index is 13.8. The highest BCUT2D eigenvalue weighted by Crippen LogP contribution is 2.75. The van der Waals surface area contributed by atoms with Crippen molar-refractivity contribution in [2.24, 2.45) is 56.7 Å². The number of nitrogens with zero attached hydrogens (tertiary/aromatic N) is 1. The summed E-state index contributed by atoms with van der Waals surface area (Å²) in [6.07, 6.45) is 39.2. The molecular weight excluding hydrogens is 683 g/mol. The van der Waals surface area contributed by atoms with Gasteiger partial charge in [-0.3, -0.25) is 0 Å². The van der Waals surface area contributed by atoms with Crippen LogP contribution in [0.1, 0.15) is 227 Å². The van der Waals surface area contributed by atoms with Crippen molar-refractivity contribution in [3.05, 3.63) is 41.7 Å². The molecule has 6 rings (SSSR count). The molecule has 0 N–H and O–H groups in total. The summed E-state index contributed by atoms with van der Waals surface area (Å²) < 4.78 is 8.79. The number of carbonyl (C=O) groups excluding carboxylic acids is 1. The van der Waals surface area contributed by atoms with Gasteiger partial charge in [0.2, 0.25) is 0 Å². The Balaban J connectivity index is 0.984. The minimum absolute atomic E-state index is 0.0353. The Morgan fingerprint density at radius 3 is 2.00 bits per heavy atom. The first-order valence-electron chi connectivity index (χ1n) is 24.6. The van der Waals surface area contributed by atoms with Crippen LogP contribution in [0.25, 0.3) is 0 Å². The number of aromatic nitrogens is 1. The highest BCUT2D eigenvalue weighted by atomic mass is 16.5. The Morgan fingerprint density at radius 1 is 0.732 bits per heavy atom. The third-order valence-corrected chi connectivity index (χ3v) is 18.7. The summed E-state index contributed by atoms with van der Waals surface area (Å²) in [6, 6.07) is 4.01. The van der Waals surface area contributed by atoms with Crippen LogP contribution in [-0.2, 0) is 11.3 Å². The van der Waals surface area contributed by atoms with Gasteiger partial charge in [-0.2, -0.15) is 0 Å². The number of fused-ring (bicyclic) bond motifs is 7. The Morgan fingerprint density at radius 2 is 1.36 bits per heavy atom. The van der Waals surface area contributed by atoms with E-state index in [4.69, 9.17) is 4.74 Å². The van der Waals surface area contributed by atoms with Gasteiger partial charge in [-0.05, 0) is 122 Å². The molecule has 0 saturated heterocycles. The molecule has 56 heavy (non-hydrogen) atoms. The first-order chi connectivity index (χ1) is 26.7. The van der Waals surface area contributed by atoms with Crippen molar-refractivity contribution < 1.29 is 14.1 Å². The SMILES string of the molecule is CCCCCCCCCCCCCCCCC[n+]1cccc(C(=O)O[C@H]2CC[C@]3(C)[C@H]4CC=C5[C@@H]6[C@@H](C)[C@H](C)CC[C@]6(C)CC[C@@]5(C)[C@]4(C)CC[C@H]3C2(C)C)c1. The molecule has 0 aliphatic heterocycles. The quantitative estimate of drug-likeness (QED) is 0.0644. The number of aryl methyl sites for hydroxylation is 1. The Labute approximate surface area is 346 Å². The largest absolute Gasteiger partial charge is 0.458 e. The van der Waals surface area contributed by atoms with Crippen molar-refractivity contribution in [1.29, 1.82) is 0 Å². The maximum absolute atomic E-state index is 13.8. The van der Waals surface area contributed by atoms with Gasteiger partial charge in [-0.1, -0.05) is 157 Å². The fourth-order valence-corrected chi connectivity index (χ4v) is 14.7. The van der Waals surface area contributed by atoms with E-state index in [0.29, 0.717) is 33.6 Å². The Bertz CT molecular complexity index is 1480. The zero-order valence-corrected chi connectivity index (χ0v) is 38.3. The van der Waals surface area contributed by atoms with E-state index >= 15 is 0 Å². The molecule has 4 saturated carbocycles. The minimum atomic E-state index is -0.128. The van der Waals surface area contributed by atoms with Crippen LogP contribution in [0.15, 0.2) is 36.2 Å². The van der Waals surface area contributed by atoms with Crippen molar-refractivity contribution in [2.45, 2.75) is 229 Å². The molecular formula is C53H88NO2+. The average Bonchev–Trinajstić information content (AvgIpc) is 3.16. The van der Waals surface area contributed by atoms with E-state index in [0.717, 1.165) is 30.7 Å². The topological polar surface area (TPSA) is 30.2 Å². The number of unbranched alkanes of at least 4 members (excludes halogenated alkanes) is 14. The summed E-state index contributed by atoms with van der Waals surface area (Å²) in [5.41, 5.74) is 3.89. The van der Waals surface area contributed by atoms with Crippen LogP contribution in [0.3, 0.4) is 0 Å². The first kappa shape index (κ1) is 43.9. The second-order valence-corrected chi connectivity index (χ2v) is 22.3. The second kappa shape index (κ2) is 18.3. The molecule has 10 atom stereocenters. The number of esters is 1. The van der Waals surface area contributed by atoms with E-state index in [2.05, 4.69) is 79.2 Å². The predicted octanol–water partition coefficient (Wildman–Crippen LogP) is 15.0. The van der Waals surface area contributed by atoms with Crippen LogP contribution >= 0.6 is 0 Å². The Kier molecular flexibility index (Phi) is 14.4. The van der Waals surface area contributed by atoms with Crippen molar-refractivity contribution in [3.8, 4) is 0 Å². The summed E-state index contributed by atoms with van der Waals surface area (Å²) in [5.74, 6) is 3.48. The number of pyridine rings is 1. The van der Waals surface area contributed by atoms with Gasteiger partial charge in [0.25, 0.3) is 0 Å². The van der Waals surface area contributed by atoms with Crippen LogP contribution in [0.2, 0.25) is 0 Å². The molecule has 4 fully saturated rings. The fourth-order valence-electron chi connectivity index (χ4n) is 14.7. The molecule has 5 aliphatic carbocycles. The second-order valence-electron chi connectivity index (χ2n) is 22.3. The van der Waals surface area contributed by atoms with Crippen molar-refractivity contribution in [1.82, 2.24) is 0 Å². The lowest BCUT2D eigenvalue weighted by atomic mass is 9.33. The molecule has 0 radical (unpaired) electrons. The molecule has 0 aromatic carbocycles. The normalized spacial score (nSPS) is 37.4. The van der Waals surface area contributed by atoms with Gasteiger partial charge in [0.15, 0.2) is 12.4 Å². The molecule has 0 spiro atoms. The lowest BCUT2D eigenvalue weighted by Gasteiger charge is -2.71. The van der Waals surface area contributed by atoms with Gasteiger partial charge in [0.1, 0.15) is 18.2 Å². The number of allylic oxidation sites excluding steroid dienone is 2. The van der Waals surface area contributed by atoms with E-state index in [-0.39, 0.29) is 22.9 Å². The molecule has 0 bridgehead atoms. The van der Waals surface area contributed by atoms with E-state index in [1.54, 1.807) is 0 Å². The van der Waals surface area contributed by atoms with Crippen LogP contribution in [0.4, 0.5) is 0 Å². The van der Waals surface area contributed by atoms with Gasteiger partial charge < -0.3 is 4.74 Å². The molecule has 0 unspecified atom stereocenters. The molecule has 1 heterocycles. The molecule has 3 nitrogen and oxygen atoms in total. The van der Waals surface area contributed by atoms with Gasteiger partial charge in [0.05, 0.1) is 0 Å². The number of ether oxygens (including phenoxy) is 1. The van der Waals surface area contributed by atoms with E-state index < -0.39 is 0 Å². The molecule has 0 amide bonds. The van der Waals surface area contributed by atoms with E-state index in [1.807, 2.05) is 23.9 Å². The van der Waals surface area contributed by atoms with Crippen LogP contribution < -0.4 is 4.57 Å². The van der Waals surface area contributed by atoms with Crippen LogP contribution in [0.5, 0.6) is 0 Å². The summed E-state index contributed by atoms with van der Waals surface area (Å²) in [7, 11) is 0. The fraction of sp³-hybridized carbons (Fsp3) is 0.849. The lowest BCUT2D eigenvalue weighted by molar-refractivity contribution is -0.697. The summed E-state index contributed by atoms with van der Waals surface area (Å²) in [4.78, 5) is 13.8. The zero-order chi connectivity index (χ0) is 40.2. The number of hydrogen-bond donors (Lipinski definition) is 0. The number of hydrogen-bond acceptors (Lipinski definition) is 2. The molecule has 5 aliphatic rings. The highest BCUT2D eigenvalue weighted by Gasteiger charge is 2.68. The van der Waals surface area contributed by atoms with Crippen molar-refractivity contribution in [2.75, 3.05) is 0 Å². The molecule has 1 aromatic rings. The molecule has 3 heteroatoms. The van der Waals surface area contributed by atoms with Crippen molar-refractivity contribution in [3.63, 3.8) is 0 Å². The van der Waals surface area contributed by atoms with Gasteiger partial charge in [-0.15, -0.1) is 0 Å². The predicted molar refractivity (Wildman–Crippen MR) is 235 cm³/mol. The zero-order valence-electron chi connectivity index (χ0n) is 38.3. The van der Waals surface area contributed by atoms with Crippen LogP contribution in [-0.4, -0.2) is 12.1 Å². The third kappa shape index (κ3) is 8.65. The minimum Gasteiger partial charge on any atom is -0.458 e. The molecule has 1 aromatic heterocycles. The van der Waals surface area contributed by atoms with E-state index in [1.165, 1.54) is 148 Å². The third-order valence-electron chi connectivity index (χ3n) is 18.7. The standard InChI is InChI=1S/C53H88NO2/c1-10-11-12-13-14-15-16-17-18-19-20-21-22-23-24-37-54-38-25-26-42(39-54)48(55)56-46-31-33-51(7)44(49(46,4)5)30-34-53(9)45(51)28-27-43-47-41(3)40(2)29-32-50(47,6)35-36-52(43,53)8/h25-27,38-41,44-47H,10-24,28-37H2,1-9H3/q+1/t40-,41+,44+,45-,46+,47+,50-,51+,52-,53-/m1/s1. The van der Waals surface area contributed by atoms with E-state index in [9.17, 15) is 4.79 Å². The Hall–Kier alpha value is -1.64. The number of carbonyl (C=O) groups is 1.